The minimum absolute atomic E-state index is 0.564. The van der Waals surface area contributed by atoms with Gasteiger partial charge in [-0.3, -0.25) is 0 Å². The lowest BCUT2D eigenvalue weighted by Crippen LogP contribution is -2.02. The van der Waals surface area contributed by atoms with Crippen molar-refractivity contribution in [2.24, 2.45) is 0 Å². The molecule has 0 radical (unpaired) electrons. The van der Waals surface area contributed by atoms with Gasteiger partial charge in [-0.2, -0.15) is 0 Å². The van der Waals surface area contributed by atoms with Crippen molar-refractivity contribution in [2.45, 2.75) is 13.5 Å². The number of rotatable bonds is 3. The first-order valence-electron chi connectivity index (χ1n) is 5.26. The van der Waals surface area contributed by atoms with Crippen LogP contribution in [0.1, 0.15) is 11.1 Å². The van der Waals surface area contributed by atoms with Crippen LogP contribution in [0.4, 0.5) is 5.82 Å². The van der Waals surface area contributed by atoms with Crippen LogP contribution in [-0.2, 0) is 6.54 Å². The zero-order valence-electron chi connectivity index (χ0n) is 9.37. The summed E-state index contributed by atoms with van der Waals surface area (Å²) in [6, 6.07) is 9.42. The van der Waals surface area contributed by atoms with Crippen LogP contribution in [-0.4, -0.2) is 4.98 Å². The molecule has 1 aromatic heterocycles. The van der Waals surface area contributed by atoms with Gasteiger partial charge in [0.25, 0.3) is 0 Å². The lowest BCUT2D eigenvalue weighted by molar-refractivity contribution is 1.11. The third-order valence-electron chi connectivity index (χ3n) is 2.42. The topological polar surface area (TPSA) is 24.9 Å². The van der Waals surface area contributed by atoms with E-state index in [-0.39, 0.29) is 0 Å². The largest absolute Gasteiger partial charge is 0.366 e. The summed E-state index contributed by atoms with van der Waals surface area (Å²) in [5.74, 6) is 0.820. The molecule has 0 unspecified atom stereocenters. The Hall–Kier alpha value is -1.25. The second kappa shape index (κ2) is 5.39. The van der Waals surface area contributed by atoms with Gasteiger partial charge in [0.2, 0.25) is 0 Å². The molecule has 2 rings (SSSR count). The van der Waals surface area contributed by atoms with Crippen molar-refractivity contribution >= 4 is 29.0 Å². The van der Waals surface area contributed by atoms with Crippen molar-refractivity contribution < 1.29 is 0 Å². The van der Waals surface area contributed by atoms with Gasteiger partial charge in [-0.1, -0.05) is 29.3 Å². The van der Waals surface area contributed by atoms with Crippen molar-refractivity contribution in [1.29, 1.82) is 0 Å². The maximum atomic E-state index is 6.08. The zero-order valence-corrected chi connectivity index (χ0v) is 10.9. The molecule has 1 N–H and O–H groups in total. The number of benzene rings is 1. The molecule has 0 fully saturated rings. The van der Waals surface area contributed by atoms with E-state index in [1.807, 2.05) is 37.3 Å². The minimum Gasteiger partial charge on any atom is -0.366 e. The Kier molecular flexibility index (Phi) is 3.87. The molecular formula is C13H12Cl2N2. The van der Waals surface area contributed by atoms with Gasteiger partial charge in [0.15, 0.2) is 0 Å². The van der Waals surface area contributed by atoms with E-state index in [0.717, 1.165) is 16.9 Å². The molecule has 2 nitrogen and oxygen atoms in total. The monoisotopic (exact) mass is 266 g/mol. The number of aryl methyl sites for hydroxylation is 1. The summed E-state index contributed by atoms with van der Waals surface area (Å²) in [4.78, 5) is 4.22. The predicted octanol–water partition coefficient (Wildman–Crippen LogP) is 4.31. The minimum atomic E-state index is 0.564. The molecule has 0 amide bonds. The maximum Gasteiger partial charge on any atom is 0.126 e. The van der Waals surface area contributed by atoms with Crippen molar-refractivity contribution in [1.82, 2.24) is 4.98 Å². The van der Waals surface area contributed by atoms with Crippen molar-refractivity contribution in [2.75, 3.05) is 5.32 Å². The molecule has 2 aromatic rings. The van der Waals surface area contributed by atoms with Crippen molar-refractivity contribution in [3.05, 3.63) is 57.7 Å². The third-order valence-corrected chi connectivity index (χ3v) is 3.13. The molecular weight excluding hydrogens is 255 g/mol. The average Bonchev–Trinajstić information content (AvgIpc) is 2.28. The fourth-order valence-corrected chi connectivity index (χ4v) is 2.04. The van der Waals surface area contributed by atoms with Crippen LogP contribution in [0.15, 0.2) is 36.5 Å². The molecule has 88 valence electrons. The van der Waals surface area contributed by atoms with Gasteiger partial charge in [-0.25, -0.2) is 4.98 Å². The van der Waals surface area contributed by atoms with Crippen LogP contribution in [0.25, 0.3) is 0 Å². The highest BCUT2D eigenvalue weighted by Gasteiger charge is 2.05. The first kappa shape index (κ1) is 12.2. The number of pyridine rings is 1. The number of nitrogens with zero attached hydrogens (tertiary/aromatic N) is 1. The van der Waals surface area contributed by atoms with Gasteiger partial charge in [0.1, 0.15) is 5.82 Å². The second-order valence-corrected chi connectivity index (χ2v) is 4.59. The van der Waals surface area contributed by atoms with E-state index in [1.165, 1.54) is 0 Å². The Bertz CT molecular complexity index is 506. The first-order valence-corrected chi connectivity index (χ1v) is 6.02. The summed E-state index contributed by atoms with van der Waals surface area (Å²) >= 11 is 12.2. The van der Waals surface area contributed by atoms with E-state index in [2.05, 4.69) is 10.3 Å². The fourth-order valence-electron chi connectivity index (χ4n) is 1.51. The first-order chi connectivity index (χ1) is 8.16. The number of aromatic nitrogens is 1. The summed E-state index contributed by atoms with van der Waals surface area (Å²) in [6.45, 7) is 2.59. The van der Waals surface area contributed by atoms with Gasteiger partial charge in [-0.05, 0) is 36.8 Å². The quantitative estimate of drug-likeness (QED) is 0.896. The Morgan fingerprint density at radius 1 is 1.18 bits per heavy atom. The van der Waals surface area contributed by atoms with Crippen molar-refractivity contribution in [3.8, 4) is 0 Å². The third kappa shape index (κ3) is 3.11. The number of nitrogens with one attached hydrogen (secondary N) is 1. The van der Waals surface area contributed by atoms with Gasteiger partial charge in [0, 0.05) is 28.4 Å². The smallest absolute Gasteiger partial charge is 0.126 e. The van der Waals surface area contributed by atoms with E-state index >= 15 is 0 Å². The molecule has 0 saturated heterocycles. The molecule has 0 atom stereocenters. The fraction of sp³-hybridized carbons (Fsp3) is 0.154. The lowest BCUT2D eigenvalue weighted by Gasteiger charge is -2.09. The van der Waals surface area contributed by atoms with E-state index in [9.17, 15) is 0 Å². The van der Waals surface area contributed by atoms with E-state index in [4.69, 9.17) is 23.2 Å². The van der Waals surface area contributed by atoms with Gasteiger partial charge in [0.05, 0.1) is 0 Å². The lowest BCUT2D eigenvalue weighted by atomic mass is 10.2. The average molecular weight is 267 g/mol. The predicted molar refractivity (Wildman–Crippen MR) is 72.8 cm³/mol. The molecule has 0 spiro atoms. The molecule has 0 bridgehead atoms. The standard InChI is InChI=1S/C13H12Cl2N2/c1-9-5-6-16-13(7-9)17-8-10-11(14)3-2-4-12(10)15/h2-7H,8H2,1H3,(H,16,17). The van der Waals surface area contributed by atoms with Gasteiger partial charge >= 0.3 is 0 Å². The summed E-state index contributed by atoms with van der Waals surface area (Å²) in [6.07, 6.45) is 1.77. The Morgan fingerprint density at radius 3 is 2.53 bits per heavy atom. The molecule has 0 aliphatic carbocycles. The van der Waals surface area contributed by atoms with Gasteiger partial charge in [-0.15, -0.1) is 0 Å². The molecule has 17 heavy (non-hydrogen) atoms. The zero-order chi connectivity index (χ0) is 12.3. The summed E-state index contributed by atoms with van der Waals surface area (Å²) in [7, 11) is 0. The van der Waals surface area contributed by atoms with Crippen LogP contribution < -0.4 is 5.32 Å². The van der Waals surface area contributed by atoms with Crippen LogP contribution in [0, 0.1) is 6.92 Å². The number of halogens is 2. The second-order valence-electron chi connectivity index (χ2n) is 3.77. The number of anilines is 1. The van der Waals surface area contributed by atoms with Crippen LogP contribution in [0.3, 0.4) is 0 Å². The number of hydrogen-bond acceptors (Lipinski definition) is 2. The molecule has 1 aromatic carbocycles. The Balaban J connectivity index is 2.13. The summed E-state index contributed by atoms with van der Waals surface area (Å²) in [5, 5.41) is 4.53. The van der Waals surface area contributed by atoms with Crippen LogP contribution in [0.2, 0.25) is 10.0 Å². The Labute approximate surface area is 111 Å². The maximum absolute atomic E-state index is 6.08. The van der Waals surface area contributed by atoms with E-state index in [1.54, 1.807) is 6.20 Å². The highest BCUT2D eigenvalue weighted by Crippen LogP contribution is 2.24. The molecule has 0 aliphatic rings. The number of hydrogen-bond donors (Lipinski definition) is 1. The summed E-state index contributed by atoms with van der Waals surface area (Å²) in [5.41, 5.74) is 2.05. The highest BCUT2D eigenvalue weighted by atomic mass is 35.5. The summed E-state index contributed by atoms with van der Waals surface area (Å²) < 4.78 is 0. The van der Waals surface area contributed by atoms with Crippen LogP contribution in [0.5, 0.6) is 0 Å². The van der Waals surface area contributed by atoms with Crippen molar-refractivity contribution in [3.63, 3.8) is 0 Å². The van der Waals surface area contributed by atoms with Gasteiger partial charge < -0.3 is 5.32 Å². The molecule has 1 heterocycles. The van der Waals surface area contributed by atoms with E-state index in [0.29, 0.717) is 16.6 Å². The molecule has 0 saturated carbocycles. The Morgan fingerprint density at radius 2 is 1.88 bits per heavy atom. The van der Waals surface area contributed by atoms with E-state index < -0.39 is 0 Å². The molecule has 4 heteroatoms. The normalized spacial score (nSPS) is 10.3. The SMILES string of the molecule is Cc1ccnc(NCc2c(Cl)cccc2Cl)c1. The molecule has 0 aliphatic heterocycles. The highest BCUT2D eigenvalue weighted by molar-refractivity contribution is 6.36. The van der Waals surface area contributed by atoms with Crippen LogP contribution >= 0.6 is 23.2 Å².